The lowest BCUT2D eigenvalue weighted by Gasteiger charge is -2.06. The minimum Gasteiger partial charge on any atom is -0.356 e. The molecule has 1 aromatic rings. The summed E-state index contributed by atoms with van der Waals surface area (Å²) < 4.78 is 0. The number of hydrogen-bond acceptors (Lipinski definition) is 2. The third kappa shape index (κ3) is 4.47. The molecule has 1 heterocycles. The highest BCUT2D eigenvalue weighted by Crippen LogP contribution is 2.05. The minimum absolute atomic E-state index is 0.152. The number of aryl methyl sites for hydroxylation is 2. The Morgan fingerprint density at radius 1 is 1.56 bits per heavy atom. The van der Waals surface area contributed by atoms with Gasteiger partial charge in [-0.3, -0.25) is 9.89 Å². The fraction of sp³-hybridized carbons (Fsp3) is 0.667. The molecule has 16 heavy (non-hydrogen) atoms. The monoisotopic (exact) mass is 223 g/mol. The Labute approximate surface area is 96.8 Å². The maximum absolute atomic E-state index is 11.4. The molecule has 0 aliphatic heterocycles. The van der Waals surface area contributed by atoms with Crippen molar-refractivity contribution in [1.82, 2.24) is 15.5 Å². The molecule has 0 spiro atoms. The molecular formula is C12H21N3O. The van der Waals surface area contributed by atoms with E-state index in [1.54, 1.807) is 0 Å². The van der Waals surface area contributed by atoms with Crippen LogP contribution in [0.4, 0.5) is 0 Å². The summed E-state index contributed by atoms with van der Waals surface area (Å²) in [6, 6.07) is 0. The van der Waals surface area contributed by atoms with Gasteiger partial charge in [0.15, 0.2) is 0 Å². The fourth-order valence-corrected chi connectivity index (χ4v) is 1.58. The van der Waals surface area contributed by atoms with Gasteiger partial charge in [0.1, 0.15) is 0 Å². The van der Waals surface area contributed by atoms with Crippen LogP contribution in [0.1, 0.15) is 37.9 Å². The summed E-state index contributed by atoms with van der Waals surface area (Å²) in [4.78, 5) is 11.4. The molecule has 0 aliphatic rings. The number of aromatic nitrogens is 2. The Morgan fingerprint density at radius 3 is 2.88 bits per heavy atom. The summed E-state index contributed by atoms with van der Waals surface area (Å²) in [6.07, 6.45) is 4.39. The summed E-state index contributed by atoms with van der Waals surface area (Å²) in [6.45, 7) is 6.86. The number of H-pyrrole nitrogens is 1. The van der Waals surface area contributed by atoms with Gasteiger partial charge in [0.2, 0.25) is 5.91 Å². The van der Waals surface area contributed by atoms with Crippen molar-refractivity contribution in [3.63, 3.8) is 0 Å². The lowest BCUT2D eigenvalue weighted by molar-refractivity contribution is -0.121. The number of carbonyl (C=O) groups excluding carboxylic acids is 1. The van der Waals surface area contributed by atoms with Crippen molar-refractivity contribution < 1.29 is 4.79 Å². The standard InChI is InChI=1S/C12H21N3O/c1-9(2)7-12(16)13-6-4-5-11-8-14-15-10(11)3/h8-9H,4-7H2,1-3H3,(H,13,16)(H,14,15). The molecule has 4 heteroatoms. The van der Waals surface area contributed by atoms with Gasteiger partial charge >= 0.3 is 0 Å². The van der Waals surface area contributed by atoms with Gasteiger partial charge in [-0.05, 0) is 31.2 Å². The highest BCUT2D eigenvalue weighted by molar-refractivity contribution is 5.75. The van der Waals surface area contributed by atoms with Gasteiger partial charge in [-0.2, -0.15) is 5.10 Å². The van der Waals surface area contributed by atoms with E-state index in [0.29, 0.717) is 12.3 Å². The van der Waals surface area contributed by atoms with E-state index in [9.17, 15) is 4.79 Å². The van der Waals surface area contributed by atoms with Crippen molar-refractivity contribution in [2.75, 3.05) is 6.54 Å². The lowest BCUT2D eigenvalue weighted by Crippen LogP contribution is -2.25. The van der Waals surface area contributed by atoms with Crippen molar-refractivity contribution in [2.45, 2.75) is 40.0 Å². The SMILES string of the molecule is Cc1[nH]ncc1CCCNC(=O)CC(C)C. The van der Waals surface area contributed by atoms with E-state index >= 15 is 0 Å². The van der Waals surface area contributed by atoms with Gasteiger partial charge in [0.25, 0.3) is 0 Å². The van der Waals surface area contributed by atoms with Crippen LogP contribution in [-0.4, -0.2) is 22.6 Å². The normalized spacial score (nSPS) is 10.8. The van der Waals surface area contributed by atoms with Crippen molar-refractivity contribution in [3.05, 3.63) is 17.5 Å². The largest absolute Gasteiger partial charge is 0.356 e. The summed E-state index contributed by atoms with van der Waals surface area (Å²) in [5.41, 5.74) is 2.35. The first kappa shape index (κ1) is 12.7. The summed E-state index contributed by atoms with van der Waals surface area (Å²) in [7, 11) is 0. The molecule has 0 aliphatic carbocycles. The Hall–Kier alpha value is -1.32. The molecular weight excluding hydrogens is 202 g/mol. The van der Waals surface area contributed by atoms with E-state index in [1.807, 2.05) is 13.1 Å². The van der Waals surface area contributed by atoms with Crippen molar-refractivity contribution in [3.8, 4) is 0 Å². The second-order valence-corrected chi connectivity index (χ2v) is 4.57. The first-order valence-electron chi connectivity index (χ1n) is 5.85. The van der Waals surface area contributed by atoms with E-state index in [4.69, 9.17) is 0 Å². The zero-order valence-electron chi connectivity index (χ0n) is 10.3. The molecule has 4 nitrogen and oxygen atoms in total. The number of amides is 1. The molecule has 0 saturated heterocycles. The molecule has 1 aromatic heterocycles. The van der Waals surface area contributed by atoms with E-state index in [-0.39, 0.29) is 5.91 Å². The van der Waals surface area contributed by atoms with Crippen LogP contribution >= 0.6 is 0 Å². The molecule has 0 bridgehead atoms. The van der Waals surface area contributed by atoms with Crippen molar-refractivity contribution in [1.29, 1.82) is 0 Å². The number of carbonyl (C=O) groups is 1. The molecule has 0 fully saturated rings. The van der Waals surface area contributed by atoms with Crippen LogP contribution in [0.3, 0.4) is 0 Å². The van der Waals surface area contributed by atoms with Crippen LogP contribution in [0.25, 0.3) is 0 Å². The molecule has 0 atom stereocenters. The van der Waals surface area contributed by atoms with Gasteiger partial charge in [0.05, 0.1) is 6.20 Å². The lowest BCUT2D eigenvalue weighted by atomic mass is 10.1. The van der Waals surface area contributed by atoms with Crippen molar-refractivity contribution >= 4 is 5.91 Å². The number of rotatable bonds is 6. The van der Waals surface area contributed by atoms with E-state index < -0.39 is 0 Å². The smallest absolute Gasteiger partial charge is 0.220 e. The Kier molecular flexibility index (Phi) is 5.02. The quantitative estimate of drug-likeness (QED) is 0.723. The van der Waals surface area contributed by atoms with Crippen molar-refractivity contribution in [2.24, 2.45) is 5.92 Å². The van der Waals surface area contributed by atoms with Crippen LogP contribution in [-0.2, 0) is 11.2 Å². The molecule has 1 amide bonds. The zero-order chi connectivity index (χ0) is 12.0. The number of nitrogens with one attached hydrogen (secondary N) is 2. The number of aromatic amines is 1. The Morgan fingerprint density at radius 2 is 2.31 bits per heavy atom. The van der Waals surface area contributed by atoms with Gasteiger partial charge in [-0.15, -0.1) is 0 Å². The van der Waals surface area contributed by atoms with Crippen LogP contribution in [0.5, 0.6) is 0 Å². The number of hydrogen-bond donors (Lipinski definition) is 2. The second kappa shape index (κ2) is 6.30. The predicted molar refractivity (Wildman–Crippen MR) is 64.1 cm³/mol. The summed E-state index contributed by atoms with van der Waals surface area (Å²) in [5, 5.41) is 9.80. The summed E-state index contributed by atoms with van der Waals surface area (Å²) >= 11 is 0. The highest BCUT2D eigenvalue weighted by Gasteiger charge is 2.04. The molecule has 0 radical (unpaired) electrons. The molecule has 0 aromatic carbocycles. The average Bonchev–Trinajstić information content (AvgIpc) is 2.58. The van der Waals surface area contributed by atoms with Gasteiger partial charge in [-0.1, -0.05) is 13.8 Å². The molecule has 0 unspecified atom stereocenters. The first-order chi connectivity index (χ1) is 7.59. The summed E-state index contributed by atoms with van der Waals surface area (Å²) in [5.74, 6) is 0.579. The third-order valence-corrected chi connectivity index (χ3v) is 2.47. The van der Waals surface area contributed by atoms with Crippen LogP contribution in [0.2, 0.25) is 0 Å². The fourth-order valence-electron chi connectivity index (χ4n) is 1.58. The van der Waals surface area contributed by atoms with E-state index in [0.717, 1.165) is 25.1 Å². The molecule has 90 valence electrons. The zero-order valence-corrected chi connectivity index (χ0v) is 10.3. The van der Waals surface area contributed by atoms with Crippen LogP contribution in [0.15, 0.2) is 6.20 Å². The van der Waals surface area contributed by atoms with E-state index in [1.165, 1.54) is 5.56 Å². The Balaban J connectivity index is 2.13. The van der Waals surface area contributed by atoms with Crippen LogP contribution in [0, 0.1) is 12.8 Å². The second-order valence-electron chi connectivity index (χ2n) is 4.57. The maximum Gasteiger partial charge on any atom is 0.220 e. The average molecular weight is 223 g/mol. The molecule has 2 N–H and O–H groups in total. The van der Waals surface area contributed by atoms with Crippen LogP contribution < -0.4 is 5.32 Å². The molecule has 1 rings (SSSR count). The van der Waals surface area contributed by atoms with E-state index in [2.05, 4.69) is 29.4 Å². The predicted octanol–water partition coefficient (Wildman–Crippen LogP) is 1.81. The maximum atomic E-state index is 11.4. The van der Waals surface area contributed by atoms with Gasteiger partial charge in [-0.25, -0.2) is 0 Å². The first-order valence-corrected chi connectivity index (χ1v) is 5.85. The van der Waals surface area contributed by atoms with Gasteiger partial charge < -0.3 is 5.32 Å². The highest BCUT2D eigenvalue weighted by atomic mass is 16.1. The minimum atomic E-state index is 0.152. The topological polar surface area (TPSA) is 57.8 Å². The third-order valence-electron chi connectivity index (χ3n) is 2.47. The number of nitrogens with zero attached hydrogens (tertiary/aromatic N) is 1. The molecule has 0 saturated carbocycles. The van der Waals surface area contributed by atoms with Gasteiger partial charge in [0, 0.05) is 18.7 Å². The Bertz CT molecular complexity index is 331.